The Morgan fingerprint density at radius 2 is 1.96 bits per heavy atom. The first-order valence-corrected chi connectivity index (χ1v) is 7.43. The molecule has 0 amide bonds. The van der Waals surface area contributed by atoms with E-state index < -0.39 is 0 Å². The minimum atomic E-state index is -0.329. The van der Waals surface area contributed by atoms with Gasteiger partial charge < -0.3 is 9.30 Å². The van der Waals surface area contributed by atoms with E-state index >= 15 is 0 Å². The van der Waals surface area contributed by atoms with Crippen LogP contribution in [0.15, 0.2) is 48.7 Å². The lowest BCUT2D eigenvalue weighted by molar-refractivity contribution is 0.0526. The van der Waals surface area contributed by atoms with Crippen LogP contribution in [0.3, 0.4) is 0 Å². The van der Waals surface area contributed by atoms with Crippen LogP contribution in [0.2, 0.25) is 0 Å². The molecule has 0 aliphatic heterocycles. The van der Waals surface area contributed by atoms with E-state index in [4.69, 9.17) is 4.74 Å². The summed E-state index contributed by atoms with van der Waals surface area (Å²) >= 11 is 0. The Labute approximate surface area is 134 Å². The summed E-state index contributed by atoms with van der Waals surface area (Å²) in [5, 5.41) is 10.3. The minimum Gasteiger partial charge on any atom is -0.462 e. The SMILES string of the molecule is CCOC(=O)c1ccc(-n2cc(C#N)c3cc(C)ccc32)cc1. The zero-order valence-electron chi connectivity index (χ0n) is 13.0. The fourth-order valence-corrected chi connectivity index (χ4v) is 2.62. The number of ether oxygens (including phenoxy) is 1. The van der Waals surface area contributed by atoms with Crippen molar-refractivity contribution >= 4 is 16.9 Å². The molecule has 3 aromatic rings. The van der Waals surface area contributed by atoms with Gasteiger partial charge in [0.05, 0.1) is 23.3 Å². The van der Waals surface area contributed by atoms with E-state index in [-0.39, 0.29) is 5.97 Å². The number of aromatic nitrogens is 1. The van der Waals surface area contributed by atoms with Crippen LogP contribution in [0.4, 0.5) is 0 Å². The summed E-state index contributed by atoms with van der Waals surface area (Å²) in [6.45, 7) is 4.14. The smallest absolute Gasteiger partial charge is 0.338 e. The van der Waals surface area contributed by atoms with Crippen molar-refractivity contribution < 1.29 is 9.53 Å². The van der Waals surface area contributed by atoms with Crippen LogP contribution in [0.1, 0.15) is 28.4 Å². The first kappa shape index (κ1) is 14.9. The lowest BCUT2D eigenvalue weighted by Crippen LogP contribution is -2.04. The third-order valence-corrected chi connectivity index (χ3v) is 3.74. The van der Waals surface area contributed by atoms with Crippen LogP contribution in [-0.2, 0) is 4.74 Å². The second-order valence-electron chi connectivity index (χ2n) is 5.31. The maximum Gasteiger partial charge on any atom is 0.338 e. The number of esters is 1. The first-order chi connectivity index (χ1) is 11.1. The number of hydrogen-bond donors (Lipinski definition) is 0. The van der Waals surface area contributed by atoms with Crippen molar-refractivity contribution in [2.24, 2.45) is 0 Å². The zero-order chi connectivity index (χ0) is 16.4. The molecule has 1 heterocycles. The average Bonchev–Trinajstić information content (AvgIpc) is 2.93. The van der Waals surface area contributed by atoms with Gasteiger partial charge in [-0.1, -0.05) is 11.6 Å². The molecular weight excluding hydrogens is 288 g/mol. The van der Waals surface area contributed by atoms with Crippen molar-refractivity contribution in [1.82, 2.24) is 4.57 Å². The van der Waals surface area contributed by atoms with Crippen LogP contribution in [0.5, 0.6) is 0 Å². The van der Waals surface area contributed by atoms with Gasteiger partial charge >= 0.3 is 5.97 Å². The fraction of sp³-hybridized carbons (Fsp3) is 0.158. The van der Waals surface area contributed by atoms with Gasteiger partial charge in [-0.3, -0.25) is 0 Å². The van der Waals surface area contributed by atoms with Gasteiger partial charge in [0.25, 0.3) is 0 Å². The van der Waals surface area contributed by atoms with Crippen LogP contribution in [-0.4, -0.2) is 17.1 Å². The molecule has 0 atom stereocenters. The molecule has 0 aliphatic rings. The van der Waals surface area contributed by atoms with Crippen LogP contribution in [0.25, 0.3) is 16.6 Å². The predicted octanol–water partition coefficient (Wildman–Crippen LogP) is 3.99. The van der Waals surface area contributed by atoms with E-state index in [0.717, 1.165) is 22.2 Å². The second kappa shape index (κ2) is 5.98. The molecule has 23 heavy (non-hydrogen) atoms. The van der Waals surface area contributed by atoms with E-state index in [2.05, 4.69) is 6.07 Å². The number of aryl methyl sites for hydroxylation is 1. The molecule has 4 nitrogen and oxygen atoms in total. The molecule has 0 unspecified atom stereocenters. The first-order valence-electron chi connectivity index (χ1n) is 7.43. The highest BCUT2D eigenvalue weighted by Gasteiger charge is 2.11. The van der Waals surface area contributed by atoms with Gasteiger partial charge in [-0.15, -0.1) is 0 Å². The predicted molar refractivity (Wildman–Crippen MR) is 88.7 cm³/mol. The largest absolute Gasteiger partial charge is 0.462 e. The topological polar surface area (TPSA) is 55.0 Å². The second-order valence-corrected chi connectivity index (χ2v) is 5.31. The molecule has 3 rings (SSSR count). The molecule has 0 aliphatic carbocycles. The molecule has 0 fully saturated rings. The molecule has 114 valence electrons. The Balaban J connectivity index is 2.07. The summed E-state index contributed by atoms with van der Waals surface area (Å²) in [6.07, 6.45) is 1.82. The number of carbonyl (C=O) groups is 1. The van der Waals surface area contributed by atoms with Crippen molar-refractivity contribution in [2.75, 3.05) is 6.61 Å². The zero-order valence-corrected chi connectivity index (χ0v) is 13.0. The Hall–Kier alpha value is -3.06. The quantitative estimate of drug-likeness (QED) is 0.688. The van der Waals surface area contributed by atoms with Crippen molar-refractivity contribution in [3.63, 3.8) is 0 Å². The summed E-state index contributed by atoms with van der Waals surface area (Å²) in [4.78, 5) is 11.7. The van der Waals surface area contributed by atoms with Crippen molar-refractivity contribution in [3.05, 3.63) is 65.4 Å². The Morgan fingerprint density at radius 1 is 1.22 bits per heavy atom. The van der Waals surface area contributed by atoms with Crippen molar-refractivity contribution in [1.29, 1.82) is 5.26 Å². The van der Waals surface area contributed by atoms with Gasteiger partial charge in [-0.25, -0.2) is 4.79 Å². The van der Waals surface area contributed by atoms with Crippen LogP contribution < -0.4 is 0 Å². The number of fused-ring (bicyclic) bond motifs is 1. The highest BCUT2D eigenvalue weighted by Crippen LogP contribution is 2.25. The highest BCUT2D eigenvalue weighted by atomic mass is 16.5. The molecule has 2 aromatic carbocycles. The van der Waals surface area contributed by atoms with Gasteiger partial charge in [-0.2, -0.15) is 5.26 Å². The lowest BCUT2D eigenvalue weighted by Gasteiger charge is -2.07. The molecule has 1 aromatic heterocycles. The van der Waals surface area contributed by atoms with E-state index in [0.29, 0.717) is 17.7 Å². The van der Waals surface area contributed by atoms with E-state index in [1.54, 1.807) is 19.1 Å². The number of nitriles is 1. The third kappa shape index (κ3) is 2.69. The third-order valence-electron chi connectivity index (χ3n) is 3.74. The Kier molecular flexibility index (Phi) is 3.86. The molecule has 0 bridgehead atoms. The highest BCUT2D eigenvalue weighted by molar-refractivity contribution is 5.90. The molecule has 0 N–H and O–H groups in total. The van der Waals surface area contributed by atoms with Gasteiger partial charge in [0.2, 0.25) is 0 Å². The summed E-state index contributed by atoms with van der Waals surface area (Å²) in [5.41, 5.74) is 4.13. The molecule has 0 spiro atoms. The maximum atomic E-state index is 11.7. The van der Waals surface area contributed by atoms with Gasteiger partial charge in [0, 0.05) is 17.3 Å². The normalized spacial score (nSPS) is 10.5. The molecule has 0 saturated carbocycles. The molecule has 0 radical (unpaired) electrons. The summed E-state index contributed by atoms with van der Waals surface area (Å²) < 4.78 is 6.95. The summed E-state index contributed by atoms with van der Waals surface area (Å²) in [7, 11) is 0. The molecule has 4 heteroatoms. The van der Waals surface area contributed by atoms with Crippen LogP contribution in [0, 0.1) is 18.3 Å². The monoisotopic (exact) mass is 304 g/mol. The Morgan fingerprint density at radius 3 is 2.61 bits per heavy atom. The standard InChI is InChI=1S/C19H16N2O2/c1-3-23-19(22)14-5-7-16(8-6-14)21-12-15(11-20)17-10-13(2)4-9-18(17)21/h4-10,12H,3H2,1-2H3. The number of hydrogen-bond acceptors (Lipinski definition) is 3. The van der Waals surface area contributed by atoms with Gasteiger partial charge in [0.15, 0.2) is 0 Å². The number of rotatable bonds is 3. The number of benzene rings is 2. The Bertz CT molecular complexity index is 915. The average molecular weight is 304 g/mol. The van der Waals surface area contributed by atoms with E-state index in [1.807, 2.05) is 48.0 Å². The summed E-state index contributed by atoms with van der Waals surface area (Å²) in [5.74, 6) is -0.329. The summed E-state index contributed by atoms with van der Waals surface area (Å²) in [6, 6.07) is 15.5. The van der Waals surface area contributed by atoms with Crippen molar-refractivity contribution in [3.8, 4) is 11.8 Å². The van der Waals surface area contributed by atoms with Crippen molar-refractivity contribution in [2.45, 2.75) is 13.8 Å². The van der Waals surface area contributed by atoms with Gasteiger partial charge in [-0.05, 0) is 50.2 Å². The van der Waals surface area contributed by atoms with Crippen LogP contribution >= 0.6 is 0 Å². The molecular formula is C19H16N2O2. The fourth-order valence-electron chi connectivity index (χ4n) is 2.62. The number of nitrogens with zero attached hydrogens (tertiary/aromatic N) is 2. The molecule has 0 saturated heterocycles. The lowest BCUT2D eigenvalue weighted by atomic mass is 10.1. The number of carbonyl (C=O) groups excluding carboxylic acids is 1. The van der Waals surface area contributed by atoms with E-state index in [9.17, 15) is 10.1 Å². The van der Waals surface area contributed by atoms with E-state index in [1.165, 1.54) is 0 Å². The maximum absolute atomic E-state index is 11.7. The minimum absolute atomic E-state index is 0.329. The van der Waals surface area contributed by atoms with Gasteiger partial charge in [0.1, 0.15) is 6.07 Å².